The first-order chi connectivity index (χ1) is 10.1. The Labute approximate surface area is 120 Å². The second-order valence-corrected chi connectivity index (χ2v) is 5.01. The van der Waals surface area contributed by atoms with Crippen LogP contribution in [0.15, 0.2) is 30.5 Å². The van der Waals surface area contributed by atoms with Gasteiger partial charge in [0.2, 0.25) is 6.29 Å². The predicted octanol–water partition coefficient (Wildman–Crippen LogP) is -0.653. The number of ether oxygens (including phenoxy) is 2. The molecule has 1 unspecified atom stereocenters. The van der Waals surface area contributed by atoms with Crippen LogP contribution in [0.5, 0.6) is 5.75 Å². The molecule has 114 valence electrons. The molecule has 1 aliphatic heterocycles. The van der Waals surface area contributed by atoms with Crippen LogP contribution in [0, 0.1) is 0 Å². The average molecular weight is 295 g/mol. The molecule has 3 rings (SSSR count). The summed E-state index contributed by atoms with van der Waals surface area (Å²) in [7, 11) is 0. The van der Waals surface area contributed by atoms with Crippen molar-refractivity contribution >= 4 is 10.9 Å². The summed E-state index contributed by atoms with van der Waals surface area (Å²) < 4.78 is 10.9. The van der Waals surface area contributed by atoms with E-state index < -0.39 is 37.3 Å². The number of hydrogen-bond acceptors (Lipinski definition) is 6. The molecule has 1 aromatic carbocycles. The Kier molecular flexibility index (Phi) is 3.83. The lowest BCUT2D eigenvalue weighted by Gasteiger charge is -2.39. The van der Waals surface area contributed by atoms with Crippen LogP contribution >= 0.6 is 0 Å². The van der Waals surface area contributed by atoms with Gasteiger partial charge in [-0.2, -0.15) is 0 Å². The van der Waals surface area contributed by atoms with Gasteiger partial charge in [-0.3, -0.25) is 0 Å². The highest BCUT2D eigenvalue weighted by molar-refractivity contribution is 5.85. The first-order valence-electron chi connectivity index (χ1n) is 6.65. The van der Waals surface area contributed by atoms with Gasteiger partial charge in [0.15, 0.2) is 0 Å². The molecule has 2 heterocycles. The van der Waals surface area contributed by atoms with E-state index in [0.717, 1.165) is 10.9 Å². The molecular formula is C14H17NO6. The van der Waals surface area contributed by atoms with Crippen LogP contribution in [0.3, 0.4) is 0 Å². The molecule has 21 heavy (non-hydrogen) atoms. The normalized spacial score (nSPS) is 33.2. The van der Waals surface area contributed by atoms with Crippen LogP contribution in [-0.4, -0.2) is 62.7 Å². The van der Waals surface area contributed by atoms with Gasteiger partial charge < -0.3 is 34.9 Å². The summed E-state index contributed by atoms with van der Waals surface area (Å²) >= 11 is 0. The molecule has 5 N–H and O–H groups in total. The molecule has 1 saturated heterocycles. The second kappa shape index (κ2) is 5.63. The number of H-pyrrole nitrogens is 1. The van der Waals surface area contributed by atoms with E-state index in [9.17, 15) is 15.3 Å². The van der Waals surface area contributed by atoms with E-state index in [1.165, 1.54) is 0 Å². The predicted molar refractivity (Wildman–Crippen MR) is 72.7 cm³/mol. The van der Waals surface area contributed by atoms with E-state index in [-0.39, 0.29) is 0 Å². The number of aromatic amines is 1. The zero-order chi connectivity index (χ0) is 15.0. The summed E-state index contributed by atoms with van der Waals surface area (Å²) in [6.45, 7) is -0.487. The zero-order valence-electron chi connectivity index (χ0n) is 11.1. The quantitative estimate of drug-likeness (QED) is 0.514. The maximum atomic E-state index is 9.94. The summed E-state index contributed by atoms with van der Waals surface area (Å²) in [5.41, 5.74) is 0.858. The van der Waals surface area contributed by atoms with E-state index in [2.05, 4.69) is 4.98 Å². The van der Waals surface area contributed by atoms with Crippen LogP contribution in [-0.2, 0) is 4.74 Å². The number of para-hydroxylation sites is 1. The highest BCUT2D eigenvalue weighted by Crippen LogP contribution is 2.29. The minimum Gasteiger partial charge on any atom is -0.460 e. The van der Waals surface area contributed by atoms with E-state index in [1.54, 1.807) is 6.20 Å². The van der Waals surface area contributed by atoms with Gasteiger partial charge in [-0.25, -0.2) is 0 Å². The number of nitrogens with one attached hydrogen (secondary N) is 1. The van der Waals surface area contributed by atoms with Gasteiger partial charge in [0.05, 0.1) is 6.61 Å². The maximum absolute atomic E-state index is 9.94. The highest BCUT2D eigenvalue weighted by atomic mass is 16.7. The lowest BCUT2D eigenvalue weighted by Crippen LogP contribution is -2.60. The summed E-state index contributed by atoms with van der Waals surface area (Å²) in [5, 5.41) is 39.3. The third-order valence-corrected chi connectivity index (χ3v) is 3.64. The Morgan fingerprint density at radius 3 is 2.62 bits per heavy atom. The van der Waals surface area contributed by atoms with Crippen LogP contribution in [0.4, 0.5) is 0 Å². The van der Waals surface area contributed by atoms with Crippen molar-refractivity contribution in [3.63, 3.8) is 0 Å². The highest BCUT2D eigenvalue weighted by Gasteiger charge is 2.44. The summed E-state index contributed by atoms with van der Waals surface area (Å²) in [4.78, 5) is 3.01. The molecular weight excluding hydrogens is 278 g/mol. The van der Waals surface area contributed by atoms with Crippen molar-refractivity contribution in [3.8, 4) is 5.75 Å². The van der Waals surface area contributed by atoms with Gasteiger partial charge in [-0.1, -0.05) is 12.1 Å². The summed E-state index contributed by atoms with van der Waals surface area (Å²) in [6, 6.07) is 7.42. The number of rotatable bonds is 3. The maximum Gasteiger partial charge on any atom is 0.229 e. The molecule has 1 aliphatic rings. The number of hydrogen-bond donors (Lipinski definition) is 5. The Bertz CT molecular complexity index is 612. The Morgan fingerprint density at radius 1 is 1.10 bits per heavy atom. The Hall–Kier alpha value is -1.64. The summed E-state index contributed by atoms with van der Waals surface area (Å²) in [5.74, 6) is 0.454. The van der Waals surface area contributed by atoms with Crippen LogP contribution in [0.25, 0.3) is 10.9 Å². The molecule has 7 nitrogen and oxygen atoms in total. The fourth-order valence-corrected chi connectivity index (χ4v) is 2.43. The van der Waals surface area contributed by atoms with Gasteiger partial charge >= 0.3 is 0 Å². The topological polar surface area (TPSA) is 115 Å². The minimum atomic E-state index is -1.45. The van der Waals surface area contributed by atoms with Crippen LogP contribution < -0.4 is 4.74 Å². The van der Waals surface area contributed by atoms with Crippen molar-refractivity contribution in [2.45, 2.75) is 30.7 Å². The van der Waals surface area contributed by atoms with Crippen molar-refractivity contribution < 1.29 is 29.9 Å². The van der Waals surface area contributed by atoms with Crippen LogP contribution in [0.1, 0.15) is 0 Å². The van der Waals surface area contributed by atoms with E-state index in [0.29, 0.717) is 5.75 Å². The fourth-order valence-electron chi connectivity index (χ4n) is 2.43. The fraction of sp³-hybridized carbons (Fsp3) is 0.429. The van der Waals surface area contributed by atoms with Gasteiger partial charge in [-0.05, 0) is 12.1 Å². The molecule has 0 spiro atoms. The smallest absolute Gasteiger partial charge is 0.229 e. The first-order valence-corrected chi connectivity index (χ1v) is 6.65. The molecule has 2 aromatic rings. The monoisotopic (exact) mass is 295 g/mol. The van der Waals surface area contributed by atoms with Crippen molar-refractivity contribution in [1.29, 1.82) is 0 Å². The lowest BCUT2D eigenvalue weighted by molar-refractivity contribution is -0.277. The molecule has 0 aliphatic carbocycles. The van der Waals surface area contributed by atoms with E-state index in [4.69, 9.17) is 14.6 Å². The second-order valence-electron chi connectivity index (χ2n) is 5.01. The Balaban J connectivity index is 1.83. The number of aliphatic hydroxyl groups excluding tert-OH is 4. The first kappa shape index (κ1) is 14.3. The zero-order valence-corrected chi connectivity index (χ0v) is 11.1. The molecule has 0 radical (unpaired) electrons. The standard InChI is InChI=1S/C14H17NO6/c16-6-10-11(17)12(18)13(19)14(21-10)20-9-5-15-8-4-2-1-3-7(8)9/h1-5,10-19H,6H2/t10-,11-,12+,13-,14?/m1/s1. The minimum absolute atomic E-state index is 0.454. The van der Waals surface area contributed by atoms with Gasteiger partial charge in [-0.15, -0.1) is 0 Å². The van der Waals surface area contributed by atoms with Gasteiger partial charge in [0, 0.05) is 17.1 Å². The molecule has 0 amide bonds. The van der Waals surface area contributed by atoms with Crippen molar-refractivity contribution in [2.24, 2.45) is 0 Å². The molecule has 1 fully saturated rings. The number of fused-ring (bicyclic) bond motifs is 1. The molecule has 7 heteroatoms. The molecule has 1 aromatic heterocycles. The molecule has 0 bridgehead atoms. The van der Waals surface area contributed by atoms with Crippen molar-refractivity contribution in [1.82, 2.24) is 4.98 Å². The van der Waals surface area contributed by atoms with Crippen molar-refractivity contribution in [2.75, 3.05) is 6.61 Å². The largest absolute Gasteiger partial charge is 0.460 e. The van der Waals surface area contributed by atoms with Crippen molar-refractivity contribution in [3.05, 3.63) is 30.5 Å². The lowest BCUT2D eigenvalue weighted by atomic mass is 9.99. The third kappa shape index (κ3) is 2.50. The summed E-state index contributed by atoms with van der Waals surface area (Å²) in [6.07, 6.45) is -4.82. The number of benzene rings is 1. The average Bonchev–Trinajstić information content (AvgIpc) is 2.91. The molecule has 0 saturated carbocycles. The molecule has 5 atom stereocenters. The third-order valence-electron chi connectivity index (χ3n) is 3.64. The number of aliphatic hydroxyl groups is 4. The SMILES string of the molecule is OC[C@H]1OC(Oc2c[nH]c3ccccc23)[C@H](O)[C@@H](O)[C@@H]1O. The Morgan fingerprint density at radius 2 is 1.86 bits per heavy atom. The van der Waals surface area contributed by atoms with Crippen LogP contribution in [0.2, 0.25) is 0 Å². The van der Waals surface area contributed by atoms with Gasteiger partial charge in [0.1, 0.15) is 30.2 Å². The number of aromatic nitrogens is 1. The van der Waals surface area contributed by atoms with Gasteiger partial charge in [0.25, 0.3) is 0 Å². The van der Waals surface area contributed by atoms with E-state index >= 15 is 0 Å². The van der Waals surface area contributed by atoms with E-state index in [1.807, 2.05) is 24.3 Å².